The molecule has 1 radical (unpaired) electrons. The Labute approximate surface area is 254 Å². The topological polar surface area (TPSA) is 0 Å². The zero-order chi connectivity index (χ0) is 23.5. The van der Waals surface area contributed by atoms with E-state index in [1.165, 1.54) is 33.0 Å². The van der Waals surface area contributed by atoms with Gasteiger partial charge in [0.15, 0.2) is 0 Å². The van der Waals surface area contributed by atoms with Crippen LogP contribution in [0.25, 0.3) is 21.9 Å². The van der Waals surface area contributed by atoms with Crippen LogP contribution in [0.3, 0.4) is 0 Å². The molecule has 3 aliphatic rings. The van der Waals surface area contributed by atoms with Gasteiger partial charge in [-0.2, -0.15) is 6.07 Å². The van der Waals surface area contributed by atoms with Gasteiger partial charge in [-0.05, 0) is 39.7 Å². The van der Waals surface area contributed by atoms with Crippen molar-refractivity contribution in [2.75, 3.05) is 0 Å². The molecule has 36 heavy (non-hydrogen) atoms. The summed E-state index contributed by atoms with van der Waals surface area (Å²) < 4.78 is 0. The third-order valence-corrected chi connectivity index (χ3v) is 12.9. The maximum Gasteiger partial charge on any atom is 3.00 e. The molecule has 2 heterocycles. The first kappa shape index (κ1) is 31.5. The summed E-state index contributed by atoms with van der Waals surface area (Å²) >= 11 is 2.01. The third kappa shape index (κ3) is 5.39. The van der Waals surface area contributed by atoms with E-state index < -0.39 is 8.07 Å². The fraction of sp³-hybridized carbons (Fsp3) is 0.323. The van der Waals surface area contributed by atoms with Crippen molar-refractivity contribution in [3.63, 3.8) is 0 Å². The number of fused-ring (bicyclic) bond motifs is 1. The fourth-order valence-corrected chi connectivity index (χ4v) is 11.4. The molecule has 0 spiro atoms. The number of halogens is 2. The Morgan fingerprint density at radius 1 is 0.972 bits per heavy atom. The van der Waals surface area contributed by atoms with Crippen molar-refractivity contribution in [2.24, 2.45) is 5.92 Å². The number of hydrogen-bond donors (Lipinski definition) is 0. The summed E-state index contributed by atoms with van der Waals surface area (Å²) in [6.45, 7) is 16.2. The molecule has 1 unspecified atom stereocenters. The molecular formula is C31H35Cl2SSiZr. The van der Waals surface area contributed by atoms with Gasteiger partial charge in [-0.3, -0.25) is 0 Å². The van der Waals surface area contributed by atoms with E-state index >= 15 is 0 Å². The van der Waals surface area contributed by atoms with E-state index in [0.717, 1.165) is 12.3 Å². The van der Waals surface area contributed by atoms with E-state index in [4.69, 9.17) is 0 Å². The normalized spacial score (nSPS) is 18.5. The Morgan fingerprint density at radius 3 is 2.25 bits per heavy atom. The number of benzene rings is 2. The fourth-order valence-electron chi connectivity index (χ4n) is 5.69. The van der Waals surface area contributed by atoms with Crippen LogP contribution in [-0.4, -0.2) is 8.07 Å². The standard InChI is InChI=1S/C21H23.C10H12SSi.2ClH.Zr/c1-5-15-13-17-7-6-8-19(20(17)14-15)16-9-11-18(12-10-16)21(2,3)4;1-6-10-9-7(11-6)4-5-8(9)12(10,2)3;;;/h6-14H,5H2,1-4H3;4-5,9H,1-3H3;2*1H;/q-1;;;;+3/p-2. The van der Waals surface area contributed by atoms with Gasteiger partial charge in [0, 0.05) is 5.92 Å². The zero-order valence-corrected chi connectivity index (χ0v) is 28.1. The molecule has 5 heteroatoms. The van der Waals surface area contributed by atoms with Crippen LogP contribution >= 0.6 is 11.8 Å². The van der Waals surface area contributed by atoms with Crippen molar-refractivity contribution in [3.8, 4) is 11.1 Å². The Hall–Kier alpha value is -0.700. The van der Waals surface area contributed by atoms with Crippen molar-refractivity contribution in [2.45, 2.75) is 59.5 Å². The van der Waals surface area contributed by atoms with E-state index in [9.17, 15) is 0 Å². The van der Waals surface area contributed by atoms with Gasteiger partial charge in [-0.15, -0.1) is 34.5 Å². The van der Waals surface area contributed by atoms with Crippen LogP contribution in [0.5, 0.6) is 0 Å². The second-order valence-electron chi connectivity index (χ2n) is 11.2. The molecular weight excluding hydrogens is 595 g/mol. The van der Waals surface area contributed by atoms with Gasteiger partial charge >= 0.3 is 26.2 Å². The Morgan fingerprint density at radius 2 is 1.64 bits per heavy atom. The molecule has 0 N–H and O–H groups in total. The van der Waals surface area contributed by atoms with E-state index in [1.807, 2.05) is 17.0 Å². The molecule has 0 bridgehead atoms. The van der Waals surface area contributed by atoms with Gasteiger partial charge in [0.2, 0.25) is 0 Å². The Bertz CT molecular complexity index is 1340. The van der Waals surface area contributed by atoms with E-state index in [1.54, 1.807) is 15.0 Å². The van der Waals surface area contributed by atoms with Gasteiger partial charge < -0.3 is 24.8 Å². The molecule has 1 fully saturated rings. The average molecular weight is 630 g/mol. The quantitative estimate of drug-likeness (QED) is 0.310. The zero-order valence-electron chi connectivity index (χ0n) is 22.3. The number of thioether (sulfide) groups is 1. The monoisotopic (exact) mass is 627 g/mol. The molecule has 6 rings (SSSR count). The van der Waals surface area contributed by atoms with Crippen molar-refractivity contribution < 1.29 is 51.0 Å². The van der Waals surface area contributed by atoms with Crippen LogP contribution in [0.1, 0.15) is 45.7 Å². The van der Waals surface area contributed by atoms with Gasteiger partial charge in [0.05, 0.1) is 0 Å². The summed E-state index contributed by atoms with van der Waals surface area (Å²) in [4.78, 5) is 3.21. The van der Waals surface area contributed by atoms with Gasteiger partial charge in [-0.25, -0.2) is 0 Å². The van der Waals surface area contributed by atoms with Crippen molar-refractivity contribution in [3.05, 3.63) is 98.1 Å². The molecule has 0 saturated carbocycles. The van der Waals surface area contributed by atoms with Gasteiger partial charge in [0.1, 0.15) is 8.07 Å². The first-order valence-corrected chi connectivity index (χ1v) is 16.0. The van der Waals surface area contributed by atoms with Crippen LogP contribution in [0.2, 0.25) is 13.1 Å². The van der Waals surface area contributed by atoms with E-state index in [-0.39, 0.29) is 56.4 Å². The number of aryl methyl sites for hydroxylation is 1. The number of rotatable bonds is 2. The molecule has 2 aliphatic heterocycles. The third-order valence-electron chi connectivity index (χ3n) is 7.64. The summed E-state index contributed by atoms with van der Waals surface area (Å²) in [7, 11) is -1.06. The average Bonchev–Trinajstić information content (AvgIpc) is 3.43. The molecule has 0 nitrogen and oxygen atoms in total. The number of allylic oxidation sites excluding steroid dienone is 6. The molecule has 0 aromatic heterocycles. The van der Waals surface area contributed by atoms with Crippen molar-refractivity contribution in [1.29, 1.82) is 0 Å². The molecule has 0 amide bonds. The van der Waals surface area contributed by atoms with Gasteiger partial charge in [0.25, 0.3) is 0 Å². The minimum Gasteiger partial charge on any atom is -1.00 e. The maximum absolute atomic E-state index is 2.48. The van der Waals surface area contributed by atoms with E-state index in [0.29, 0.717) is 0 Å². The summed E-state index contributed by atoms with van der Waals surface area (Å²) in [6.07, 6.45) is 5.81. The smallest absolute Gasteiger partial charge is 1.00 e. The summed E-state index contributed by atoms with van der Waals surface area (Å²) in [5.74, 6) is 0.789. The predicted octanol–water partition coefficient (Wildman–Crippen LogP) is 3.34. The largest absolute Gasteiger partial charge is 3.00 e. The van der Waals surface area contributed by atoms with Crippen LogP contribution in [0, 0.1) is 5.92 Å². The van der Waals surface area contributed by atoms with Crippen LogP contribution in [0.4, 0.5) is 0 Å². The van der Waals surface area contributed by atoms with E-state index in [2.05, 4.69) is 114 Å². The SMILES string of the molecule is CC1=C2C3C(=CC=C3[Si]2(C)C)S1.CCc1cc2c(-c3ccc(C(C)(C)C)cc3)cccc2[cH-]1.[Cl-].[Cl-].[Zr+3]. The van der Waals surface area contributed by atoms with Crippen LogP contribution in [-0.2, 0) is 38.0 Å². The molecule has 3 aromatic carbocycles. The molecule has 3 aromatic rings. The van der Waals surface area contributed by atoms with Crippen LogP contribution < -0.4 is 24.8 Å². The minimum atomic E-state index is -1.06. The molecule has 1 atom stereocenters. The molecule has 187 valence electrons. The Kier molecular flexibility index (Phi) is 10.1. The second-order valence-corrected chi connectivity index (χ2v) is 16.8. The van der Waals surface area contributed by atoms with Gasteiger partial charge in [-0.1, -0.05) is 111 Å². The predicted molar refractivity (Wildman–Crippen MR) is 150 cm³/mol. The summed E-state index contributed by atoms with van der Waals surface area (Å²) in [5.41, 5.74) is 5.66. The maximum atomic E-state index is 2.48. The second kappa shape index (κ2) is 11.6. The molecule has 1 saturated heterocycles. The first-order chi connectivity index (χ1) is 15.6. The first-order valence-electron chi connectivity index (χ1n) is 12.2. The molecule has 1 aliphatic carbocycles. The van der Waals surface area contributed by atoms with Crippen molar-refractivity contribution >= 4 is 30.6 Å². The Balaban J connectivity index is 0.000000261. The number of hydrogen-bond acceptors (Lipinski definition) is 1. The van der Waals surface area contributed by atoms with Crippen molar-refractivity contribution in [1.82, 2.24) is 0 Å². The van der Waals surface area contributed by atoms with Crippen LogP contribution in [0.15, 0.2) is 87.0 Å². The minimum absolute atomic E-state index is 0. The summed E-state index contributed by atoms with van der Waals surface area (Å²) in [6, 6.07) is 20.3. The summed E-state index contributed by atoms with van der Waals surface area (Å²) in [5, 5.41) is 6.32.